The molecule has 154 valence electrons. The number of halogens is 2. The van der Waals surface area contributed by atoms with Crippen LogP contribution in [0.2, 0.25) is 5.02 Å². The van der Waals surface area contributed by atoms with Crippen molar-refractivity contribution in [1.29, 1.82) is 0 Å². The number of carbonyl (C=O) groups excluding carboxylic acids is 2. The van der Waals surface area contributed by atoms with Gasteiger partial charge in [-0.15, -0.1) is 11.8 Å². The van der Waals surface area contributed by atoms with E-state index in [2.05, 4.69) is 10.6 Å². The van der Waals surface area contributed by atoms with Crippen molar-refractivity contribution >= 4 is 40.9 Å². The minimum Gasteiger partial charge on any atom is -0.489 e. The van der Waals surface area contributed by atoms with Crippen LogP contribution in [-0.4, -0.2) is 36.5 Å². The molecule has 2 aromatic carbocycles. The van der Waals surface area contributed by atoms with Crippen LogP contribution in [0.25, 0.3) is 0 Å². The molecule has 0 spiro atoms. The Morgan fingerprint density at radius 1 is 1.07 bits per heavy atom. The molecule has 1 heterocycles. The molecule has 3 rings (SSSR count). The maximum atomic E-state index is 12.9. The Morgan fingerprint density at radius 3 is 2.59 bits per heavy atom. The van der Waals surface area contributed by atoms with E-state index in [0.717, 1.165) is 12.0 Å². The van der Waals surface area contributed by atoms with Gasteiger partial charge in [-0.3, -0.25) is 9.59 Å². The summed E-state index contributed by atoms with van der Waals surface area (Å²) in [6.07, 6.45) is 0.781. The number of amides is 2. The summed E-state index contributed by atoms with van der Waals surface area (Å²) in [5, 5.41) is 5.88. The molecule has 2 aromatic rings. The predicted octanol–water partition coefficient (Wildman–Crippen LogP) is 3.63. The Morgan fingerprint density at radius 2 is 1.79 bits per heavy atom. The number of rotatable bonds is 7. The van der Waals surface area contributed by atoms with E-state index >= 15 is 0 Å². The van der Waals surface area contributed by atoms with Gasteiger partial charge in [0.15, 0.2) is 11.5 Å². The second kappa shape index (κ2) is 10.4. The van der Waals surface area contributed by atoms with E-state index in [1.165, 1.54) is 36.0 Å². The average Bonchev–Trinajstić information content (AvgIpc) is 2.94. The van der Waals surface area contributed by atoms with Crippen molar-refractivity contribution in [1.82, 2.24) is 5.32 Å². The van der Waals surface area contributed by atoms with Gasteiger partial charge in [0.25, 0.3) is 0 Å². The van der Waals surface area contributed by atoms with Crippen molar-refractivity contribution in [3.8, 4) is 11.5 Å². The summed E-state index contributed by atoms with van der Waals surface area (Å²) in [4.78, 5) is 23.9. The van der Waals surface area contributed by atoms with Crippen molar-refractivity contribution in [2.45, 2.75) is 13.0 Å². The third-order valence-corrected chi connectivity index (χ3v) is 5.16. The molecular formula is C20H20ClFN2O4S. The summed E-state index contributed by atoms with van der Waals surface area (Å²) >= 11 is 7.43. The van der Waals surface area contributed by atoms with E-state index in [4.69, 9.17) is 21.1 Å². The van der Waals surface area contributed by atoms with Crippen LogP contribution < -0.4 is 20.1 Å². The van der Waals surface area contributed by atoms with Crippen molar-refractivity contribution < 1.29 is 23.5 Å². The maximum absolute atomic E-state index is 12.9. The molecule has 0 fully saturated rings. The highest BCUT2D eigenvalue weighted by molar-refractivity contribution is 8.00. The lowest BCUT2D eigenvalue weighted by atomic mass is 10.2. The first kappa shape index (κ1) is 21.3. The first-order chi connectivity index (χ1) is 14.0. The molecule has 0 saturated heterocycles. The summed E-state index contributed by atoms with van der Waals surface area (Å²) in [6, 6.07) is 9.02. The molecule has 6 nitrogen and oxygen atoms in total. The van der Waals surface area contributed by atoms with Gasteiger partial charge in [0, 0.05) is 18.7 Å². The first-order valence-electron chi connectivity index (χ1n) is 8.99. The molecule has 0 unspecified atom stereocenters. The van der Waals surface area contributed by atoms with E-state index in [-0.39, 0.29) is 35.7 Å². The fourth-order valence-electron chi connectivity index (χ4n) is 2.60. The average molecular weight is 439 g/mol. The van der Waals surface area contributed by atoms with Crippen molar-refractivity contribution in [2.24, 2.45) is 0 Å². The summed E-state index contributed by atoms with van der Waals surface area (Å²) in [5.41, 5.74) is 1.30. The van der Waals surface area contributed by atoms with Gasteiger partial charge in [-0.2, -0.15) is 0 Å². The molecule has 0 aliphatic carbocycles. The van der Waals surface area contributed by atoms with Gasteiger partial charge < -0.3 is 20.1 Å². The lowest BCUT2D eigenvalue weighted by molar-refractivity contribution is -0.118. The lowest BCUT2D eigenvalue weighted by Crippen LogP contribution is -2.25. The number of hydrogen-bond donors (Lipinski definition) is 2. The standard InChI is InChI=1S/C20H20ClFN2O4S/c21-16-8-13(9-17-20(16)28-7-1-6-27-17)10-23-18(25)11-29-12-19(26)24-15-4-2-14(22)3-5-15/h2-5,8-9H,1,6-7,10-12H2,(H,23,25)(H,24,26). The number of hydrogen-bond acceptors (Lipinski definition) is 5. The fourth-order valence-corrected chi connectivity index (χ4v) is 3.54. The highest BCUT2D eigenvalue weighted by atomic mass is 35.5. The van der Waals surface area contributed by atoms with Gasteiger partial charge in [0.1, 0.15) is 5.82 Å². The number of fused-ring (bicyclic) bond motifs is 1. The molecule has 29 heavy (non-hydrogen) atoms. The van der Waals surface area contributed by atoms with Crippen LogP contribution in [0.1, 0.15) is 12.0 Å². The zero-order valence-corrected chi connectivity index (χ0v) is 17.1. The number of nitrogens with one attached hydrogen (secondary N) is 2. The van der Waals surface area contributed by atoms with E-state index < -0.39 is 0 Å². The second-order valence-electron chi connectivity index (χ2n) is 6.28. The van der Waals surface area contributed by atoms with Crippen LogP contribution in [0.4, 0.5) is 10.1 Å². The molecule has 2 N–H and O–H groups in total. The molecule has 0 aromatic heterocycles. The lowest BCUT2D eigenvalue weighted by Gasteiger charge is -2.12. The Labute approximate surface area is 177 Å². The molecule has 0 atom stereocenters. The highest BCUT2D eigenvalue weighted by Crippen LogP contribution is 2.37. The highest BCUT2D eigenvalue weighted by Gasteiger charge is 2.16. The Hall–Kier alpha value is -2.45. The molecule has 0 bridgehead atoms. The summed E-state index contributed by atoms with van der Waals surface area (Å²) in [6.45, 7) is 1.39. The molecular weight excluding hydrogens is 419 g/mol. The Bertz CT molecular complexity index is 880. The van der Waals surface area contributed by atoms with Gasteiger partial charge in [0.2, 0.25) is 11.8 Å². The van der Waals surface area contributed by atoms with Crippen LogP contribution in [-0.2, 0) is 16.1 Å². The molecule has 2 amide bonds. The van der Waals surface area contributed by atoms with Gasteiger partial charge in [-0.05, 0) is 42.0 Å². The van der Waals surface area contributed by atoms with Gasteiger partial charge in [-0.1, -0.05) is 11.6 Å². The number of ether oxygens (including phenoxy) is 2. The summed E-state index contributed by atoms with van der Waals surface area (Å²) < 4.78 is 24.1. The minimum absolute atomic E-state index is 0.112. The topological polar surface area (TPSA) is 76.7 Å². The largest absolute Gasteiger partial charge is 0.489 e. The third kappa shape index (κ3) is 6.54. The molecule has 1 aliphatic rings. The number of anilines is 1. The summed E-state index contributed by atoms with van der Waals surface area (Å²) in [7, 11) is 0. The van der Waals surface area contributed by atoms with Crippen LogP contribution in [0.5, 0.6) is 11.5 Å². The van der Waals surface area contributed by atoms with Crippen molar-refractivity contribution in [3.05, 3.63) is 52.8 Å². The van der Waals surface area contributed by atoms with Crippen LogP contribution >= 0.6 is 23.4 Å². The molecule has 9 heteroatoms. The molecule has 0 radical (unpaired) electrons. The predicted molar refractivity (Wildman–Crippen MR) is 111 cm³/mol. The summed E-state index contributed by atoms with van der Waals surface area (Å²) in [5.74, 6) is 0.518. The monoisotopic (exact) mass is 438 g/mol. The van der Waals surface area contributed by atoms with Crippen molar-refractivity contribution in [3.63, 3.8) is 0 Å². The molecule has 0 saturated carbocycles. The SMILES string of the molecule is O=C(CSCC(=O)Nc1ccc(F)cc1)NCc1cc(Cl)c2c(c1)OCCCO2. The van der Waals surface area contributed by atoms with Crippen LogP contribution in [0.15, 0.2) is 36.4 Å². The fraction of sp³-hybridized carbons (Fsp3) is 0.300. The minimum atomic E-state index is -0.371. The number of benzene rings is 2. The van der Waals surface area contributed by atoms with E-state index in [9.17, 15) is 14.0 Å². The van der Waals surface area contributed by atoms with Gasteiger partial charge >= 0.3 is 0 Å². The second-order valence-corrected chi connectivity index (χ2v) is 7.67. The van der Waals surface area contributed by atoms with Gasteiger partial charge in [-0.25, -0.2) is 4.39 Å². The first-order valence-corrected chi connectivity index (χ1v) is 10.5. The number of thioether (sulfide) groups is 1. The van der Waals surface area contributed by atoms with E-state index in [0.29, 0.717) is 35.4 Å². The normalized spacial score (nSPS) is 12.8. The van der Waals surface area contributed by atoms with Crippen molar-refractivity contribution in [2.75, 3.05) is 30.0 Å². The smallest absolute Gasteiger partial charge is 0.234 e. The maximum Gasteiger partial charge on any atom is 0.234 e. The zero-order chi connectivity index (χ0) is 20.6. The van der Waals surface area contributed by atoms with Crippen LogP contribution in [0, 0.1) is 5.82 Å². The quantitative estimate of drug-likeness (QED) is 0.690. The van der Waals surface area contributed by atoms with Gasteiger partial charge in [0.05, 0.1) is 29.7 Å². The Kier molecular flexibility index (Phi) is 7.60. The van der Waals surface area contributed by atoms with E-state index in [1.54, 1.807) is 12.1 Å². The Balaban J connectivity index is 1.41. The number of carbonyl (C=O) groups is 2. The van der Waals surface area contributed by atoms with E-state index in [1.807, 2.05) is 0 Å². The van der Waals surface area contributed by atoms with Crippen LogP contribution in [0.3, 0.4) is 0 Å². The molecule has 1 aliphatic heterocycles. The third-order valence-electron chi connectivity index (χ3n) is 3.95. The zero-order valence-electron chi connectivity index (χ0n) is 15.5.